The van der Waals surface area contributed by atoms with E-state index in [1.165, 1.54) is 18.2 Å². The van der Waals surface area contributed by atoms with Gasteiger partial charge < -0.3 is 5.32 Å². The van der Waals surface area contributed by atoms with Gasteiger partial charge in [-0.3, -0.25) is 9.78 Å². The molecule has 3 rings (SSSR count). The Morgan fingerprint density at radius 3 is 2.73 bits per heavy atom. The first-order chi connectivity index (χ1) is 10.7. The van der Waals surface area contributed by atoms with E-state index in [9.17, 15) is 9.18 Å². The van der Waals surface area contributed by atoms with Crippen LogP contribution in [0.3, 0.4) is 0 Å². The van der Waals surface area contributed by atoms with Gasteiger partial charge >= 0.3 is 0 Å². The molecule has 1 amide bonds. The van der Waals surface area contributed by atoms with Crippen LogP contribution in [-0.4, -0.2) is 10.9 Å². The number of aromatic nitrogens is 1. The first kappa shape index (κ1) is 13.9. The molecule has 22 heavy (non-hydrogen) atoms. The maximum atomic E-state index is 13.4. The third kappa shape index (κ3) is 3.17. The van der Waals surface area contributed by atoms with Crippen molar-refractivity contribution < 1.29 is 9.18 Å². The Morgan fingerprint density at radius 1 is 1.09 bits per heavy atom. The average molecular weight is 292 g/mol. The van der Waals surface area contributed by atoms with Gasteiger partial charge in [-0.05, 0) is 35.9 Å². The number of nitrogens with zero attached hydrogens (tertiary/aromatic N) is 1. The molecule has 0 unspecified atom stereocenters. The van der Waals surface area contributed by atoms with Crippen molar-refractivity contribution >= 4 is 28.6 Å². The normalized spacial score (nSPS) is 11.0. The molecule has 0 atom stereocenters. The average Bonchev–Trinajstić information content (AvgIpc) is 2.54. The number of anilines is 1. The molecule has 1 aromatic heterocycles. The number of amides is 1. The fourth-order valence-electron chi connectivity index (χ4n) is 2.14. The number of fused-ring (bicyclic) bond motifs is 1. The van der Waals surface area contributed by atoms with Crippen molar-refractivity contribution in [3.8, 4) is 0 Å². The highest BCUT2D eigenvalue weighted by Gasteiger charge is 2.05. The molecule has 108 valence electrons. The molecule has 0 saturated carbocycles. The summed E-state index contributed by atoms with van der Waals surface area (Å²) in [5, 5.41) is 3.32. The number of pyridine rings is 1. The van der Waals surface area contributed by atoms with Crippen LogP contribution in [0.25, 0.3) is 17.0 Å². The summed E-state index contributed by atoms with van der Waals surface area (Å²) in [5.74, 6) is -0.642. The molecule has 2 aromatic carbocycles. The maximum absolute atomic E-state index is 13.4. The lowest BCUT2D eigenvalue weighted by atomic mass is 10.1. The van der Waals surface area contributed by atoms with Crippen LogP contribution in [0, 0.1) is 5.82 Å². The molecule has 3 aromatic rings. The van der Waals surface area contributed by atoms with Gasteiger partial charge in [0.15, 0.2) is 0 Å². The zero-order valence-corrected chi connectivity index (χ0v) is 11.7. The van der Waals surface area contributed by atoms with Gasteiger partial charge in [-0.25, -0.2) is 4.39 Å². The van der Waals surface area contributed by atoms with Gasteiger partial charge in [-0.1, -0.05) is 30.3 Å². The van der Waals surface area contributed by atoms with Crippen LogP contribution in [0.15, 0.2) is 66.9 Å². The van der Waals surface area contributed by atoms with Crippen molar-refractivity contribution in [2.45, 2.75) is 0 Å². The summed E-state index contributed by atoms with van der Waals surface area (Å²) in [6, 6.07) is 15.5. The van der Waals surface area contributed by atoms with Crippen molar-refractivity contribution in [3.05, 3.63) is 78.3 Å². The van der Waals surface area contributed by atoms with Gasteiger partial charge in [0.2, 0.25) is 5.91 Å². The van der Waals surface area contributed by atoms with E-state index in [1.807, 2.05) is 30.3 Å². The lowest BCUT2D eigenvalue weighted by Gasteiger charge is -2.06. The summed E-state index contributed by atoms with van der Waals surface area (Å²) in [7, 11) is 0. The second-order valence-electron chi connectivity index (χ2n) is 4.75. The van der Waals surface area contributed by atoms with Gasteiger partial charge in [-0.15, -0.1) is 0 Å². The Morgan fingerprint density at radius 2 is 1.91 bits per heavy atom. The first-order valence-corrected chi connectivity index (χ1v) is 6.81. The number of carbonyl (C=O) groups is 1. The number of hydrogen-bond acceptors (Lipinski definition) is 2. The highest BCUT2D eigenvalue weighted by molar-refractivity contribution is 6.06. The molecule has 0 spiro atoms. The van der Waals surface area contributed by atoms with Crippen LogP contribution in [0.4, 0.5) is 10.1 Å². The Kier molecular flexibility index (Phi) is 3.92. The minimum Gasteiger partial charge on any atom is -0.322 e. The third-order valence-corrected chi connectivity index (χ3v) is 3.19. The fourth-order valence-corrected chi connectivity index (χ4v) is 2.14. The van der Waals surface area contributed by atoms with Crippen molar-refractivity contribution in [2.24, 2.45) is 0 Å². The van der Waals surface area contributed by atoms with E-state index in [4.69, 9.17) is 0 Å². The highest BCUT2D eigenvalue weighted by atomic mass is 19.1. The molecule has 0 saturated heterocycles. The summed E-state index contributed by atoms with van der Waals surface area (Å²) in [6.45, 7) is 0. The minimum absolute atomic E-state index is 0.277. The van der Waals surface area contributed by atoms with E-state index < -0.39 is 0 Å². The molecule has 0 aliphatic carbocycles. The summed E-state index contributed by atoms with van der Waals surface area (Å²) in [6.07, 6.45) is 4.75. The van der Waals surface area contributed by atoms with Crippen LogP contribution in [0.2, 0.25) is 0 Å². The smallest absolute Gasteiger partial charge is 0.248 e. The zero-order valence-electron chi connectivity index (χ0n) is 11.7. The zero-order chi connectivity index (χ0) is 15.4. The van der Waals surface area contributed by atoms with E-state index >= 15 is 0 Å². The second kappa shape index (κ2) is 6.18. The fraction of sp³-hybridized carbons (Fsp3) is 0. The van der Waals surface area contributed by atoms with E-state index in [1.54, 1.807) is 24.4 Å². The predicted molar refractivity (Wildman–Crippen MR) is 85.8 cm³/mol. The second-order valence-corrected chi connectivity index (χ2v) is 4.75. The SMILES string of the molecule is O=C(/C=C/c1ccccc1)Nc1ccnc2ccc(F)cc12. The molecular weight excluding hydrogens is 279 g/mol. The van der Waals surface area contributed by atoms with Crippen LogP contribution < -0.4 is 5.32 Å². The highest BCUT2D eigenvalue weighted by Crippen LogP contribution is 2.22. The number of rotatable bonds is 3. The monoisotopic (exact) mass is 292 g/mol. The Bertz CT molecular complexity index is 844. The summed E-state index contributed by atoms with van der Waals surface area (Å²) in [5.41, 5.74) is 2.10. The minimum atomic E-state index is -0.365. The lowest BCUT2D eigenvalue weighted by Crippen LogP contribution is -2.08. The Labute approximate surface area is 127 Å². The quantitative estimate of drug-likeness (QED) is 0.741. The molecule has 4 heteroatoms. The van der Waals surface area contributed by atoms with Gasteiger partial charge in [0.05, 0.1) is 11.2 Å². The molecule has 3 nitrogen and oxygen atoms in total. The van der Waals surface area contributed by atoms with Crippen molar-refractivity contribution in [3.63, 3.8) is 0 Å². The Balaban J connectivity index is 1.82. The van der Waals surface area contributed by atoms with Crippen molar-refractivity contribution in [1.82, 2.24) is 4.98 Å². The van der Waals surface area contributed by atoms with Crippen molar-refractivity contribution in [2.75, 3.05) is 5.32 Å². The summed E-state index contributed by atoms with van der Waals surface area (Å²) < 4.78 is 13.4. The van der Waals surface area contributed by atoms with Crippen LogP contribution >= 0.6 is 0 Å². The number of halogens is 1. The maximum Gasteiger partial charge on any atom is 0.248 e. The number of carbonyl (C=O) groups excluding carboxylic acids is 1. The van der Waals surface area contributed by atoms with E-state index in [2.05, 4.69) is 10.3 Å². The van der Waals surface area contributed by atoms with Gasteiger partial charge in [0.25, 0.3) is 0 Å². The molecular formula is C18H13FN2O. The number of benzene rings is 2. The Hall–Kier alpha value is -3.01. The standard InChI is InChI=1S/C18H13FN2O/c19-14-7-8-16-15(12-14)17(10-11-20-16)21-18(22)9-6-13-4-2-1-3-5-13/h1-12H,(H,20,21,22)/b9-6+. The van der Waals surface area contributed by atoms with E-state index in [0.29, 0.717) is 16.6 Å². The summed E-state index contributed by atoms with van der Waals surface area (Å²) >= 11 is 0. The van der Waals surface area contributed by atoms with E-state index in [0.717, 1.165) is 5.56 Å². The molecule has 0 aliphatic rings. The molecule has 0 aliphatic heterocycles. The number of nitrogens with one attached hydrogen (secondary N) is 1. The lowest BCUT2D eigenvalue weighted by molar-refractivity contribution is -0.111. The topological polar surface area (TPSA) is 42.0 Å². The van der Waals surface area contributed by atoms with Gasteiger partial charge in [0.1, 0.15) is 5.82 Å². The molecule has 0 radical (unpaired) electrons. The largest absolute Gasteiger partial charge is 0.322 e. The summed E-state index contributed by atoms with van der Waals surface area (Å²) in [4.78, 5) is 16.2. The van der Waals surface area contributed by atoms with Crippen LogP contribution in [0.1, 0.15) is 5.56 Å². The van der Waals surface area contributed by atoms with Crippen LogP contribution in [0.5, 0.6) is 0 Å². The van der Waals surface area contributed by atoms with Crippen LogP contribution in [-0.2, 0) is 4.79 Å². The molecule has 0 fully saturated rings. The van der Waals surface area contributed by atoms with Gasteiger partial charge in [-0.2, -0.15) is 0 Å². The number of hydrogen-bond donors (Lipinski definition) is 1. The van der Waals surface area contributed by atoms with Crippen molar-refractivity contribution in [1.29, 1.82) is 0 Å². The first-order valence-electron chi connectivity index (χ1n) is 6.81. The molecule has 1 N–H and O–H groups in total. The predicted octanol–water partition coefficient (Wildman–Crippen LogP) is 4.03. The van der Waals surface area contributed by atoms with E-state index in [-0.39, 0.29) is 11.7 Å². The van der Waals surface area contributed by atoms with Gasteiger partial charge in [0, 0.05) is 17.7 Å². The third-order valence-electron chi connectivity index (χ3n) is 3.19. The molecule has 0 bridgehead atoms. The molecule has 1 heterocycles.